The van der Waals surface area contributed by atoms with Crippen molar-refractivity contribution in [2.45, 2.75) is 45.7 Å². The first-order valence-corrected chi connectivity index (χ1v) is 14.1. The van der Waals surface area contributed by atoms with E-state index in [0.29, 0.717) is 0 Å². The summed E-state index contributed by atoms with van der Waals surface area (Å²) < 4.78 is 0. The minimum absolute atomic E-state index is 0.0403. The van der Waals surface area contributed by atoms with Gasteiger partial charge in [-0.3, -0.25) is 0 Å². The summed E-state index contributed by atoms with van der Waals surface area (Å²) in [6.07, 6.45) is 1.01. The molecule has 1 atom stereocenters. The molecule has 4 heteroatoms. The predicted molar refractivity (Wildman–Crippen MR) is 123 cm³/mol. The molecule has 0 heterocycles. The van der Waals surface area contributed by atoms with E-state index in [4.69, 9.17) is 23.9 Å². The van der Waals surface area contributed by atoms with Crippen LogP contribution in [0.2, 0.25) is 0 Å². The van der Waals surface area contributed by atoms with Crippen LogP contribution in [0, 0.1) is 0 Å². The van der Waals surface area contributed by atoms with Crippen LogP contribution in [0.4, 0.5) is 0 Å². The van der Waals surface area contributed by atoms with Crippen LogP contribution in [-0.2, 0) is 23.5 Å². The van der Waals surface area contributed by atoms with Gasteiger partial charge in [0.05, 0.1) is 0 Å². The summed E-state index contributed by atoms with van der Waals surface area (Å²) in [7, 11) is 9.78. The monoisotopic (exact) mass is 458 g/mol. The zero-order valence-corrected chi connectivity index (χ0v) is 20.4. The van der Waals surface area contributed by atoms with Gasteiger partial charge in [0.2, 0.25) is 0 Å². The van der Waals surface area contributed by atoms with Gasteiger partial charge in [0, 0.05) is 0 Å². The Kier molecular flexibility index (Phi) is 7.65. The van der Waals surface area contributed by atoms with Gasteiger partial charge < -0.3 is 5.32 Å². The molecule has 1 aliphatic carbocycles. The number of nitrogens with zero attached hydrogens (tertiary/aromatic N) is 1. The van der Waals surface area contributed by atoms with Crippen LogP contribution in [0.1, 0.15) is 50.4 Å². The van der Waals surface area contributed by atoms with Crippen molar-refractivity contribution < 1.29 is 17.0 Å². The Morgan fingerprint density at radius 2 is 1.31 bits per heavy atom. The first kappa shape index (κ1) is 22.6. The summed E-state index contributed by atoms with van der Waals surface area (Å²) in [5, 5.41) is 5.00. The van der Waals surface area contributed by atoms with Gasteiger partial charge in [-0.25, -0.2) is 0 Å². The van der Waals surface area contributed by atoms with E-state index in [1.165, 1.54) is 38.9 Å². The van der Waals surface area contributed by atoms with Gasteiger partial charge in [-0.05, 0) is 39.8 Å². The maximum absolute atomic E-state index is 5.00. The SMILES string of the molecule is CC([N-]C(C)(C)C)c1ccccc1-c1cccc2c1Cc1ccccc1-2.[Cl][Ti][Cl]. The molecule has 0 spiro atoms. The third-order valence-electron chi connectivity index (χ3n) is 5.13. The van der Waals surface area contributed by atoms with Crippen LogP contribution >= 0.6 is 18.6 Å². The van der Waals surface area contributed by atoms with E-state index >= 15 is 0 Å². The standard InChI is InChI=1S/C25H26N.2ClH.Ti/c1-17(26-25(2,3)4)19-11-7-8-13-21(19)23-15-9-14-22-20-12-6-5-10-18(20)16-24(22)23;;;/h5-15,17H,16H2,1-4H3;2*1H;/q-1;;;+2/p-2. The van der Waals surface area contributed by atoms with Crippen molar-refractivity contribution in [2.24, 2.45) is 0 Å². The topological polar surface area (TPSA) is 14.1 Å². The molecule has 0 radical (unpaired) electrons. The molecule has 3 aromatic carbocycles. The van der Waals surface area contributed by atoms with E-state index in [0.717, 1.165) is 6.42 Å². The number of fused-ring (bicyclic) bond motifs is 3. The van der Waals surface area contributed by atoms with Crippen LogP contribution in [0.15, 0.2) is 66.7 Å². The molecule has 1 unspecified atom stereocenters. The molecule has 0 saturated heterocycles. The van der Waals surface area contributed by atoms with E-state index < -0.39 is 17.0 Å². The summed E-state index contributed by atoms with van der Waals surface area (Å²) in [6, 6.07) is 24.4. The molecular formula is C25H26Cl2NTi-. The molecular weight excluding hydrogens is 433 g/mol. The van der Waals surface area contributed by atoms with Gasteiger partial charge in [-0.2, -0.15) is 0 Å². The molecule has 0 bridgehead atoms. The van der Waals surface area contributed by atoms with Crippen molar-refractivity contribution in [1.29, 1.82) is 0 Å². The third kappa shape index (κ3) is 5.34. The average molecular weight is 459 g/mol. The van der Waals surface area contributed by atoms with E-state index in [1.807, 2.05) is 0 Å². The van der Waals surface area contributed by atoms with E-state index in [9.17, 15) is 0 Å². The Balaban J connectivity index is 0.000000755. The fourth-order valence-corrected chi connectivity index (χ4v) is 4.17. The zero-order valence-electron chi connectivity index (χ0n) is 17.3. The molecule has 3 aromatic rings. The van der Waals surface area contributed by atoms with Gasteiger partial charge >= 0.3 is 35.6 Å². The molecule has 1 aliphatic rings. The number of hydrogen-bond acceptors (Lipinski definition) is 0. The molecule has 0 aromatic heterocycles. The molecule has 4 rings (SSSR count). The Labute approximate surface area is 191 Å². The summed E-state index contributed by atoms with van der Waals surface area (Å²) in [5.41, 5.74) is 9.59. The van der Waals surface area contributed by atoms with Gasteiger partial charge in [-0.1, -0.05) is 100.0 Å². The van der Waals surface area contributed by atoms with Crippen LogP contribution in [-0.4, -0.2) is 5.54 Å². The number of halogens is 2. The summed E-state index contributed by atoms with van der Waals surface area (Å²) in [6.45, 7) is 8.72. The van der Waals surface area contributed by atoms with Gasteiger partial charge in [0.1, 0.15) is 0 Å². The second-order valence-electron chi connectivity index (χ2n) is 8.30. The fraction of sp³-hybridized carbons (Fsp3) is 0.280. The second kappa shape index (κ2) is 9.81. The van der Waals surface area contributed by atoms with Crippen LogP contribution in [0.3, 0.4) is 0 Å². The Morgan fingerprint density at radius 3 is 1.97 bits per heavy atom. The van der Waals surface area contributed by atoms with Crippen molar-refractivity contribution in [2.75, 3.05) is 0 Å². The quantitative estimate of drug-likeness (QED) is 0.273. The number of benzene rings is 3. The number of rotatable bonds is 3. The van der Waals surface area contributed by atoms with E-state index in [1.54, 1.807) is 0 Å². The van der Waals surface area contributed by atoms with Crippen LogP contribution in [0.5, 0.6) is 0 Å². The Hall–Kier alpha value is -1.09. The van der Waals surface area contributed by atoms with E-state index in [-0.39, 0.29) is 11.6 Å². The molecule has 0 saturated carbocycles. The summed E-state index contributed by atoms with van der Waals surface area (Å²) >= 11 is -0.556. The molecule has 0 amide bonds. The minimum atomic E-state index is -0.556. The third-order valence-corrected chi connectivity index (χ3v) is 5.13. The second-order valence-corrected chi connectivity index (χ2v) is 10.9. The van der Waals surface area contributed by atoms with Crippen molar-refractivity contribution in [3.63, 3.8) is 0 Å². The van der Waals surface area contributed by atoms with Gasteiger partial charge in [-0.15, -0.1) is 11.6 Å². The Morgan fingerprint density at radius 1 is 0.793 bits per heavy atom. The first-order chi connectivity index (χ1) is 13.9. The van der Waals surface area contributed by atoms with Gasteiger partial charge in [0.15, 0.2) is 0 Å². The van der Waals surface area contributed by atoms with Crippen molar-refractivity contribution in [3.8, 4) is 22.3 Å². The average Bonchev–Trinajstić information content (AvgIpc) is 3.06. The van der Waals surface area contributed by atoms with Gasteiger partial charge in [0.25, 0.3) is 0 Å². The van der Waals surface area contributed by atoms with Crippen LogP contribution in [0.25, 0.3) is 27.6 Å². The van der Waals surface area contributed by atoms with Crippen LogP contribution < -0.4 is 0 Å². The Bertz CT molecular complexity index is 979. The van der Waals surface area contributed by atoms with Crippen molar-refractivity contribution in [3.05, 3.63) is 88.7 Å². The zero-order chi connectivity index (χ0) is 21.0. The number of hydrogen-bond donors (Lipinski definition) is 0. The molecule has 0 fully saturated rings. The van der Waals surface area contributed by atoms with E-state index in [2.05, 4.69) is 94.4 Å². The molecule has 0 N–H and O–H groups in total. The van der Waals surface area contributed by atoms with Crippen molar-refractivity contribution in [1.82, 2.24) is 0 Å². The molecule has 29 heavy (non-hydrogen) atoms. The molecule has 1 nitrogen and oxygen atoms in total. The fourth-order valence-electron chi connectivity index (χ4n) is 4.17. The maximum atomic E-state index is 5.00. The molecule has 0 aliphatic heterocycles. The first-order valence-electron chi connectivity index (χ1n) is 9.83. The normalized spacial score (nSPS) is 13.0. The van der Waals surface area contributed by atoms with Crippen molar-refractivity contribution >= 4 is 18.6 Å². The summed E-state index contributed by atoms with van der Waals surface area (Å²) in [4.78, 5) is 0. The molecule has 150 valence electrons. The summed E-state index contributed by atoms with van der Waals surface area (Å²) in [5.74, 6) is 0. The predicted octanol–water partition coefficient (Wildman–Crippen LogP) is 8.53.